The molecule has 0 unspecified atom stereocenters. The maximum Gasteiger partial charge on any atom is 0.416 e. The Morgan fingerprint density at radius 2 is 1.52 bits per heavy atom. The Morgan fingerprint density at radius 3 is 2.03 bits per heavy atom. The quantitative estimate of drug-likeness (QED) is 0.802. The summed E-state index contributed by atoms with van der Waals surface area (Å²) in [7, 11) is 0. The van der Waals surface area contributed by atoms with Gasteiger partial charge in [-0.2, -0.15) is 13.2 Å². The fraction of sp³-hybridized carbons (Fsp3) is 0.682. The van der Waals surface area contributed by atoms with Crippen LogP contribution in [0.4, 0.5) is 18.9 Å². The van der Waals surface area contributed by atoms with Gasteiger partial charge >= 0.3 is 6.18 Å². The smallest absolute Gasteiger partial charge is 0.382 e. The molecule has 4 nitrogen and oxygen atoms in total. The molecule has 1 aromatic rings. The molecule has 0 spiro atoms. The van der Waals surface area contributed by atoms with Gasteiger partial charge in [0.25, 0.3) is 0 Å². The first-order valence-electron chi connectivity index (χ1n) is 10.9. The van der Waals surface area contributed by atoms with E-state index in [4.69, 9.17) is 0 Å². The monoisotopic (exact) mass is 409 g/mol. The summed E-state index contributed by atoms with van der Waals surface area (Å²) in [6.07, 6.45) is 3.10. The van der Waals surface area contributed by atoms with Crippen LogP contribution in [0.5, 0.6) is 0 Å². The standard InChI is InChI=1S/C22H30F3N3O/c23-22(24,25)17-6-10-19(11-7-17)26-18-8-4-16(5-9-18)21(29)28-14-12-27(13-15-28)20-2-1-3-20/h6-7,10-11,16,18,20,26H,1-5,8-9,12-15H2. The zero-order valence-electron chi connectivity index (χ0n) is 16.8. The van der Waals surface area contributed by atoms with Crippen LogP contribution < -0.4 is 5.32 Å². The summed E-state index contributed by atoms with van der Waals surface area (Å²) in [5.74, 6) is 0.391. The SMILES string of the molecule is O=C(C1CCC(Nc2ccc(C(F)(F)F)cc2)CC1)N1CCN(C2CCC2)CC1. The van der Waals surface area contributed by atoms with Crippen LogP contribution >= 0.6 is 0 Å². The third-order valence-electron chi connectivity index (χ3n) is 6.88. The second-order valence-corrected chi connectivity index (χ2v) is 8.71. The van der Waals surface area contributed by atoms with Crippen molar-refractivity contribution in [3.8, 4) is 0 Å². The van der Waals surface area contributed by atoms with E-state index in [9.17, 15) is 18.0 Å². The van der Waals surface area contributed by atoms with Crippen LogP contribution in [-0.4, -0.2) is 54.0 Å². The van der Waals surface area contributed by atoms with Crippen molar-refractivity contribution in [3.63, 3.8) is 0 Å². The first kappa shape index (κ1) is 20.5. The Kier molecular flexibility index (Phi) is 6.04. The van der Waals surface area contributed by atoms with Crippen LogP contribution in [0.15, 0.2) is 24.3 Å². The number of carbonyl (C=O) groups excluding carboxylic acids is 1. The molecule has 0 atom stereocenters. The Hall–Kier alpha value is -1.76. The maximum absolute atomic E-state index is 12.9. The molecule has 1 heterocycles. The lowest BCUT2D eigenvalue weighted by molar-refractivity contribution is -0.139. The van der Waals surface area contributed by atoms with Gasteiger partial charge in [0.2, 0.25) is 5.91 Å². The number of carbonyl (C=O) groups is 1. The normalized spacial score (nSPS) is 26.8. The highest BCUT2D eigenvalue weighted by Gasteiger charge is 2.34. The Labute approximate surface area is 170 Å². The van der Waals surface area contributed by atoms with Crippen molar-refractivity contribution >= 4 is 11.6 Å². The summed E-state index contributed by atoms with van der Waals surface area (Å²) in [6, 6.07) is 6.16. The van der Waals surface area contributed by atoms with Gasteiger partial charge in [-0.3, -0.25) is 9.69 Å². The van der Waals surface area contributed by atoms with Gasteiger partial charge in [-0.1, -0.05) is 6.42 Å². The summed E-state index contributed by atoms with van der Waals surface area (Å²) < 4.78 is 38.0. The first-order chi connectivity index (χ1) is 13.9. The van der Waals surface area contributed by atoms with Gasteiger partial charge in [0.15, 0.2) is 0 Å². The molecule has 1 aromatic carbocycles. The molecule has 4 rings (SSSR count). The highest BCUT2D eigenvalue weighted by molar-refractivity contribution is 5.79. The zero-order chi connectivity index (χ0) is 20.4. The fourth-order valence-electron chi connectivity index (χ4n) is 4.79. The second kappa shape index (κ2) is 8.54. The lowest BCUT2D eigenvalue weighted by Gasteiger charge is -2.44. The summed E-state index contributed by atoms with van der Waals surface area (Å²) in [4.78, 5) is 17.5. The number of nitrogens with zero attached hydrogens (tertiary/aromatic N) is 2. The number of hydrogen-bond acceptors (Lipinski definition) is 3. The molecule has 0 bridgehead atoms. The van der Waals surface area contributed by atoms with Gasteiger partial charge in [-0.25, -0.2) is 0 Å². The Balaban J connectivity index is 1.21. The number of halogens is 3. The van der Waals surface area contributed by atoms with Gasteiger partial charge in [0.1, 0.15) is 0 Å². The van der Waals surface area contributed by atoms with Gasteiger partial charge in [0.05, 0.1) is 5.56 Å². The summed E-state index contributed by atoms with van der Waals surface area (Å²) >= 11 is 0. The van der Waals surface area contributed by atoms with Crippen molar-refractivity contribution in [2.24, 2.45) is 5.92 Å². The molecule has 3 fully saturated rings. The minimum Gasteiger partial charge on any atom is -0.382 e. The number of nitrogens with one attached hydrogen (secondary N) is 1. The molecule has 0 aromatic heterocycles. The van der Waals surface area contributed by atoms with Gasteiger partial charge in [-0.05, 0) is 62.8 Å². The lowest BCUT2D eigenvalue weighted by Crippen LogP contribution is -2.54. The number of hydrogen-bond donors (Lipinski definition) is 1. The molecule has 160 valence electrons. The summed E-state index contributed by atoms with van der Waals surface area (Å²) in [5.41, 5.74) is 0.0784. The molecule has 2 aliphatic carbocycles. The maximum atomic E-state index is 12.9. The van der Waals surface area contributed by atoms with E-state index in [1.807, 2.05) is 4.90 Å². The molecule has 1 aliphatic heterocycles. The molecule has 3 aliphatic rings. The van der Waals surface area contributed by atoms with Crippen LogP contribution in [0.25, 0.3) is 0 Å². The molecule has 1 N–H and O–H groups in total. The molecule has 7 heteroatoms. The molecule has 2 saturated carbocycles. The molecular formula is C22H30F3N3O. The van der Waals surface area contributed by atoms with E-state index in [1.165, 1.54) is 31.4 Å². The van der Waals surface area contributed by atoms with Crippen LogP contribution in [0.2, 0.25) is 0 Å². The van der Waals surface area contributed by atoms with Gasteiger partial charge in [-0.15, -0.1) is 0 Å². The Bertz CT molecular complexity index is 686. The van der Waals surface area contributed by atoms with E-state index in [0.29, 0.717) is 11.6 Å². The topological polar surface area (TPSA) is 35.6 Å². The third-order valence-corrected chi connectivity index (χ3v) is 6.88. The fourth-order valence-corrected chi connectivity index (χ4v) is 4.79. The molecule has 1 amide bonds. The van der Waals surface area contributed by atoms with Gasteiger partial charge in [0, 0.05) is 49.9 Å². The summed E-state index contributed by atoms with van der Waals surface area (Å²) in [6.45, 7) is 3.70. The van der Waals surface area contributed by atoms with E-state index in [0.717, 1.165) is 70.0 Å². The second-order valence-electron chi connectivity index (χ2n) is 8.71. The van der Waals surface area contributed by atoms with Crippen molar-refractivity contribution in [1.29, 1.82) is 0 Å². The number of anilines is 1. The molecule has 1 saturated heterocycles. The minimum absolute atomic E-state index is 0.0934. The van der Waals surface area contributed by atoms with E-state index in [1.54, 1.807) is 0 Å². The van der Waals surface area contributed by atoms with Crippen LogP contribution in [0.3, 0.4) is 0 Å². The average Bonchev–Trinajstić information content (AvgIpc) is 2.67. The highest BCUT2D eigenvalue weighted by atomic mass is 19.4. The first-order valence-corrected chi connectivity index (χ1v) is 10.9. The number of piperazine rings is 1. The van der Waals surface area contributed by atoms with Crippen molar-refractivity contribution in [3.05, 3.63) is 29.8 Å². The van der Waals surface area contributed by atoms with Crippen molar-refractivity contribution < 1.29 is 18.0 Å². The number of benzene rings is 1. The molecule has 29 heavy (non-hydrogen) atoms. The van der Waals surface area contributed by atoms with E-state index in [-0.39, 0.29) is 12.0 Å². The Morgan fingerprint density at radius 1 is 0.897 bits per heavy atom. The van der Waals surface area contributed by atoms with Crippen LogP contribution in [-0.2, 0) is 11.0 Å². The van der Waals surface area contributed by atoms with E-state index >= 15 is 0 Å². The molecule has 0 radical (unpaired) electrons. The van der Waals surface area contributed by atoms with Crippen molar-refractivity contribution in [2.45, 2.75) is 63.2 Å². The largest absolute Gasteiger partial charge is 0.416 e. The number of alkyl halides is 3. The third kappa shape index (κ3) is 4.87. The predicted octanol–water partition coefficient (Wildman–Crippen LogP) is 4.37. The van der Waals surface area contributed by atoms with Crippen LogP contribution in [0.1, 0.15) is 50.5 Å². The predicted molar refractivity (Wildman–Crippen MR) is 107 cm³/mol. The minimum atomic E-state index is -4.31. The number of rotatable bonds is 4. The average molecular weight is 409 g/mol. The van der Waals surface area contributed by atoms with Crippen molar-refractivity contribution in [1.82, 2.24) is 9.80 Å². The summed E-state index contributed by atoms with van der Waals surface area (Å²) in [5, 5.41) is 3.33. The van der Waals surface area contributed by atoms with Gasteiger partial charge < -0.3 is 10.2 Å². The number of amides is 1. The highest BCUT2D eigenvalue weighted by Crippen LogP contribution is 2.32. The zero-order valence-corrected chi connectivity index (χ0v) is 16.8. The lowest BCUT2D eigenvalue weighted by atomic mass is 9.84. The molecular weight excluding hydrogens is 379 g/mol. The van der Waals surface area contributed by atoms with E-state index < -0.39 is 11.7 Å². The van der Waals surface area contributed by atoms with E-state index in [2.05, 4.69) is 10.2 Å². The van der Waals surface area contributed by atoms with Crippen LogP contribution in [0, 0.1) is 5.92 Å². The van der Waals surface area contributed by atoms with Crippen molar-refractivity contribution in [2.75, 3.05) is 31.5 Å².